The normalized spacial score (nSPS) is 11.4. The second-order valence-corrected chi connectivity index (χ2v) is 7.25. The molecule has 0 radical (unpaired) electrons. The molecule has 2 N–H and O–H groups in total. The van der Waals surface area contributed by atoms with Crippen molar-refractivity contribution in [3.05, 3.63) is 89.6 Å². The Kier molecular flexibility index (Phi) is 5.20. The first-order valence-electron chi connectivity index (χ1n) is 9.58. The van der Waals surface area contributed by atoms with Crippen LogP contribution in [0, 0.1) is 0 Å². The van der Waals surface area contributed by atoms with E-state index in [-0.39, 0.29) is 5.91 Å². The van der Waals surface area contributed by atoms with E-state index < -0.39 is 0 Å². The van der Waals surface area contributed by atoms with Crippen LogP contribution in [0.25, 0.3) is 22.0 Å². The third-order valence-electron chi connectivity index (χ3n) is 4.85. The van der Waals surface area contributed by atoms with Gasteiger partial charge in [0, 0.05) is 5.56 Å². The number of rotatable bonds is 5. The van der Waals surface area contributed by atoms with Gasteiger partial charge in [-0.25, -0.2) is 5.43 Å². The van der Waals surface area contributed by atoms with Crippen molar-refractivity contribution >= 4 is 22.9 Å². The van der Waals surface area contributed by atoms with Crippen LogP contribution in [-0.2, 0) is 0 Å². The Bertz CT molecular complexity index is 1170. The smallest absolute Gasteiger partial charge is 0.272 e. The molecule has 4 rings (SSSR count). The predicted octanol–water partition coefficient (Wildman–Crippen LogP) is 5.12. The summed E-state index contributed by atoms with van der Waals surface area (Å²) >= 11 is 0. The van der Waals surface area contributed by atoms with E-state index in [9.17, 15) is 4.79 Å². The number of hydrogen-bond acceptors (Lipinski definition) is 3. The first-order valence-corrected chi connectivity index (χ1v) is 9.58. The Hall–Kier alpha value is -3.73. The lowest BCUT2D eigenvalue weighted by Crippen LogP contribution is -2.18. The van der Waals surface area contributed by atoms with E-state index in [0.29, 0.717) is 17.3 Å². The third-order valence-corrected chi connectivity index (χ3v) is 4.85. The van der Waals surface area contributed by atoms with Crippen molar-refractivity contribution in [2.24, 2.45) is 5.10 Å². The van der Waals surface area contributed by atoms with Crippen LogP contribution in [0.4, 0.5) is 0 Å². The minimum Gasteiger partial charge on any atom is -0.272 e. The Morgan fingerprint density at radius 3 is 2.52 bits per heavy atom. The highest BCUT2D eigenvalue weighted by molar-refractivity contribution is 5.94. The molecule has 1 aromatic heterocycles. The van der Waals surface area contributed by atoms with Crippen molar-refractivity contribution in [1.29, 1.82) is 0 Å². The predicted molar refractivity (Wildman–Crippen MR) is 117 cm³/mol. The maximum absolute atomic E-state index is 12.3. The van der Waals surface area contributed by atoms with Crippen molar-refractivity contribution in [2.75, 3.05) is 0 Å². The third kappa shape index (κ3) is 4.24. The Balaban J connectivity index is 1.43. The quantitative estimate of drug-likeness (QED) is 0.372. The molecule has 0 aliphatic carbocycles. The van der Waals surface area contributed by atoms with Crippen LogP contribution in [0.15, 0.2) is 77.9 Å². The van der Waals surface area contributed by atoms with Crippen molar-refractivity contribution in [3.8, 4) is 11.3 Å². The molecule has 0 saturated carbocycles. The van der Waals surface area contributed by atoms with Crippen molar-refractivity contribution in [2.45, 2.75) is 19.8 Å². The Morgan fingerprint density at radius 1 is 1.00 bits per heavy atom. The number of carbonyl (C=O) groups is 1. The SMILES string of the molecule is CC(C)c1ccc(/C=N/NC(=O)c2cc(-c3ccc4ccccc4c3)n[nH]2)cc1. The van der Waals surface area contributed by atoms with Gasteiger partial charge in [-0.05, 0) is 39.9 Å². The molecule has 1 amide bonds. The summed E-state index contributed by atoms with van der Waals surface area (Å²) in [7, 11) is 0. The molecule has 0 atom stereocenters. The van der Waals surface area contributed by atoms with Crippen LogP contribution in [0.5, 0.6) is 0 Å². The topological polar surface area (TPSA) is 70.1 Å². The van der Waals surface area contributed by atoms with Gasteiger partial charge in [0.2, 0.25) is 0 Å². The molecule has 29 heavy (non-hydrogen) atoms. The van der Waals surface area contributed by atoms with E-state index in [1.807, 2.05) is 36.4 Å². The number of carbonyl (C=O) groups excluding carboxylic acids is 1. The number of aromatic nitrogens is 2. The molecular formula is C24H22N4O. The van der Waals surface area contributed by atoms with Crippen molar-refractivity contribution in [3.63, 3.8) is 0 Å². The van der Waals surface area contributed by atoms with Crippen LogP contribution in [0.3, 0.4) is 0 Å². The zero-order valence-electron chi connectivity index (χ0n) is 16.4. The zero-order valence-corrected chi connectivity index (χ0v) is 16.4. The maximum atomic E-state index is 12.3. The molecule has 5 heteroatoms. The van der Waals surface area contributed by atoms with E-state index in [1.165, 1.54) is 10.9 Å². The summed E-state index contributed by atoms with van der Waals surface area (Å²) in [4.78, 5) is 12.3. The standard InChI is InChI=1S/C24H22N4O/c1-16(2)18-9-7-17(8-10-18)15-25-28-24(29)23-14-22(26-27-23)21-12-11-19-5-3-4-6-20(19)13-21/h3-16H,1-2H3,(H,26,27)(H,28,29)/b25-15+. The van der Waals surface area contributed by atoms with Crippen molar-refractivity contribution in [1.82, 2.24) is 15.6 Å². The fourth-order valence-electron chi connectivity index (χ4n) is 3.13. The molecule has 0 bridgehead atoms. The minimum absolute atomic E-state index is 0.334. The maximum Gasteiger partial charge on any atom is 0.289 e. The van der Waals surface area contributed by atoms with E-state index >= 15 is 0 Å². The average Bonchev–Trinajstić information content (AvgIpc) is 3.24. The molecule has 0 aliphatic rings. The van der Waals surface area contributed by atoms with E-state index in [1.54, 1.807) is 12.3 Å². The molecule has 0 saturated heterocycles. The van der Waals surface area contributed by atoms with E-state index in [0.717, 1.165) is 16.5 Å². The molecule has 3 aromatic carbocycles. The number of H-pyrrole nitrogens is 1. The summed E-state index contributed by atoms with van der Waals surface area (Å²) in [6, 6.07) is 24.1. The molecule has 0 aliphatic heterocycles. The summed E-state index contributed by atoms with van der Waals surface area (Å²) in [5.74, 6) is 0.150. The molecule has 4 aromatic rings. The second kappa shape index (κ2) is 8.10. The minimum atomic E-state index is -0.334. The van der Waals surface area contributed by atoms with Crippen LogP contribution < -0.4 is 5.43 Å². The lowest BCUT2D eigenvalue weighted by atomic mass is 10.0. The zero-order chi connectivity index (χ0) is 20.2. The number of benzene rings is 3. The fraction of sp³-hybridized carbons (Fsp3) is 0.125. The number of aromatic amines is 1. The molecule has 0 fully saturated rings. The summed E-state index contributed by atoms with van der Waals surface area (Å²) < 4.78 is 0. The van der Waals surface area contributed by atoms with Gasteiger partial charge in [-0.3, -0.25) is 9.89 Å². The number of fused-ring (bicyclic) bond motifs is 1. The number of hydrazone groups is 1. The lowest BCUT2D eigenvalue weighted by molar-refractivity contribution is 0.0950. The van der Waals surface area contributed by atoms with Gasteiger partial charge < -0.3 is 0 Å². The largest absolute Gasteiger partial charge is 0.289 e. The van der Waals surface area contributed by atoms with Gasteiger partial charge in [-0.2, -0.15) is 10.2 Å². The molecular weight excluding hydrogens is 360 g/mol. The lowest BCUT2D eigenvalue weighted by Gasteiger charge is -2.04. The van der Waals surface area contributed by atoms with Crippen LogP contribution in [-0.4, -0.2) is 22.3 Å². The van der Waals surface area contributed by atoms with Crippen molar-refractivity contribution < 1.29 is 4.79 Å². The average molecular weight is 382 g/mol. The number of hydrogen-bond donors (Lipinski definition) is 2. The monoisotopic (exact) mass is 382 g/mol. The summed E-state index contributed by atoms with van der Waals surface area (Å²) in [6.07, 6.45) is 1.63. The Morgan fingerprint density at radius 2 is 1.76 bits per heavy atom. The highest BCUT2D eigenvalue weighted by Crippen LogP contribution is 2.23. The van der Waals surface area contributed by atoms with E-state index in [2.05, 4.69) is 64.9 Å². The molecule has 144 valence electrons. The van der Waals surface area contributed by atoms with Gasteiger partial charge in [-0.1, -0.05) is 74.5 Å². The fourth-order valence-corrected chi connectivity index (χ4v) is 3.13. The van der Waals surface area contributed by atoms with E-state index in [4.69, 9.17) is 0 Å². The molecule has 1 heterocycles. The number of nitrogens with one attached hydrogen (secondary N) is 2. The Labute approximate surface area is 169 Å². The highest BCUT2D eigenvalue weighted by atomic mass is 16.2. The molecule has 0 unspecified atom stereocenters. The van der Waals surface area contributed by atoms with Gasteiger partial charge >= 0.3 is 0 Å². The summed E-state index contributed by atoms with van der Waals surface area (Å²) in [5.41, 5.74) is 6.76. The van der Waals surface area contributed by atoms with Crippen LogP contribution in [0.1, 0.15) is 41.4 Å². The van der Waals surface area contributed by atoms with Crippen LogP contribution in [0.2, 0.25) is 0 Å². The first-order chi connectivity index (χ1) is 14.1. The number of nitrogens with zero attached hydrogens (tertiary/aromatic N) is 2. The highest BCUT2D eigenvalue weighted by Gasteiger charge is 2.10. The van der Waals surface area contributed by atoms with Gasteiger partial charge in [0.1, 0.15) is 5.69 Å². The molecule has 5 nitrogen and oxygen atoms in total. The first kappa shape index (κ1) is 18.6. The van der Waals surface area contributed by atoms with Crippen LogP contribution >= 0.6 is 0 Å². The van der Waals surface area contributed by atoms with Gasteiger partial charge in [0.05, 0.1) is 11.9 Å². The van der Waals surface area contributed by atoms with Gasteiger partial charge in [0.25, 0.3) is 5.91 Å². The number of amides is 1. The summed E-state index contributed by atoms with van der Waals surface area (Å²) in [6.45, 7) is 4.31. The summed E-state index contributed by atoms with van der Waals surface area (Å²) in [5, 5.41) is 13.4. The second-order valence-electron chi connectivity index (χ2n) is 7.25. The van der Waals surface area contributed by atoms with Gasteiger partial charge in [0.15, 0.2) is 0 Å². The van der Waals surface area contributed by atoms with Gasteiger partial charge in [-0.15, -0.1) is 0 Å². The molecule has 0 spiro atoms.